The second-order valence-corrected chi connectivity index (χ2v) is 10.0. The van der Waals surface area contributed by atoms with Crippen molar-refractivity contribution < 1.29 is 4.79 Å². The topological polar surface area (TPSA) is 60.7 Å². The van der Waals surface area contributed by atoms with Crippen molar-refractivity contribution in [2.45, 2.75) is 47.1 Å². The predicted octanol–water partition coefficient (Wildman–Crippen LogP) is 7.22. The lowest BCUT2D eigenvalue weighted by Gasteiger charge is -2.05. The van der Waals surface area contributed by atoms with Gasteiger partial charge in [0.05, 0.1) is 16.6 Å². The molecule has 3 aromatic carbocycles. The molecule has 2 aromatic heterocycles. The summed E-state index contributed by atoms with van der Waals surface area (Å²) in [6, 6.07) is 13.2. The molecule has 0 saturated carbocycles. The third-order valence-corrected chi connectivity index (χ3v) is 6.97. The van der Waals surface area contributed by atoms with E-state index in [1.165, 1.54) is 27.7 Å². The molecule has 34 heavy (non-hydrogen) atoms. The normalized spacial score (nSPS) is 13.1. The minimum Gasteiger partial charge on any atom is -0.353 e. The number of benzene rings is 3. The van der Waals surface area contributed by atoms with Crippen LogP contribution in [0.4, 0.5) is 0 Å². The van der Waals surface area contributed by atoms with Crippen molar-refractivity contribution in [3.05, 3.63) is 82.0 Å². The van der Waals surface area contributed by atoms with Gasteiger partial charge < -0.3 is 15.3 Å². The van der Waals surface area contributed by atoms with Crippen LogP contribution in [0.15, 0.2) is 59.7 Å². The van der Waals surface area contributed by atoms with Gasteiger partial charge in [-0.15, -0.1) is 0 Å². The first-order valence-corrected chi connectivity index (χ1v) is 12.0. The Balaban J connectivity index is 1.67. The van der Waals surface area contributed by atoms with Crippen LogP contribution >= 0.6 is 0 Å². The Labute approximate surface area is 198 Å². The van der Waals surface area contributed by atoms with E-state index in [2.05, 4.69) is 91.5 Å². The van der Waals surface area contributed by atoms with Gasteiger partial charge in [0.25, 0.3) is 5.91 Å². The highest BCUT2D eigenvalue weighted by Crippen LogP contribution is 2.42. The van der Waals surface area contributed by atoms with E-state index < -0.39 is 0 Å². The van der Waals surface area contributed by atoms with Crippen molar-refractivity contribution in [1.29, 1.82) is 0 Å². The van der Waals surface area contributed by atoms with E-state index in [-0.39, 0.29) is 5.91 Å². The van der Waals surface area contributed by atoms with E-state index in [1.807, 2.05) is 0 Å². The van der Waals surface area contributed by atoms with Crippen molar-refractivity contribution in [3.8, 4) is 0 Å². The van der Waals surface area contributed by atoms with Crippen molar-refractivity contribution in [3.63, 3.8) is 0 Å². The zero-order chi connectivity index (χ0) is 23.6. The SMILES string of the molecule is CC(C)=CCc1ccc2[nH]c3c4[nH]c5ccc(CC=C(C)C)cc5c4c4c(c3c2c1)CNC4=O. The Kier molecular flexibility index (Phi) is 4.66. The third-order valence-electron chi connectivity index (χ3n) is 6.97. The number of allylic oxidation sites excluding steroid dienone is 4. The number of aromatic amines is 2. The molecule has 1 aliphatic rings. The van der Waals surface area contributed by atoms with Gasteiger partial charge in [-0.05, 0) is 81.5 Å². The number of rotatable bonds is 4. The maximum Gasteiger partial charge on any atom is 0.252 e. The van der Waals surface area contributed by atoms with Gasteiger partial charge in [0.2, 0.25) is 0 Å². The molecule has 1 aliphatic heterocycles. The monoisotopic (exact) mass is 447 g/mol. The van der Waals surface area contributed by atoms with Crippen LogP contribution in [0.1, 0.15) is 54.7 Å². The number of carbonyl (C=O) groups is 1. The second kappa shape index (κ2) is 7.63. The Morgan fingerprint density at radius 3 is 1.88 bits per heavy atom. The fraction of sp³-hybridized carbons (Fsp3) is 0.233. The Morgan fingerprint density at radius 2 is 1.32 bits per heavy atom. The van der Waals surface area contributed by atoms with Crippen LogP contribution in [0.3, 0.4) is 0 Å². The molecule has 0 bridgehead atoms. The van der Waals surface area contributed by atoms with E-state index >= 15 is 0 Å². The second-order valence-electron chi connectivity index (χ2n) is 10.0. The van der Waals surface area contributed by atoms with E-state index in [1.54, 1.807) is 0 Å². The first-order chi connectivity index (χ1) is 16.4. The Hall–Kier alpha value is -3.79. The molecule has 4 nitrogen and oxygen atoms in total. The summed E-state index contributed by atoms with van der Waals surface area (Å²) in [4.78, 5) is 20.4. The number of amides is 1. The molecule has 0 radical (unpaired) electrons. The number of hydrogen-bond donors (Lipinski definition) is 3. The quantitative estimate of drug-likeness (QED) is 0.250. The molecule has 0 fully saturated rings. The van der Waals surface area contributed by atoms with Gasteiger partial charge in [-0.3, -0.25) is 4.79 Å². The molecule has 170 valence electrons. The van der Waals surface area contributed by atoms with Crippen molar-refractivity contribution >= 4 is 49.5 Å². The molecule has 1 amide bonds. The summed E-state index contributed by atoms with van der Waals surface area (Å²) in [5.74, 6) is 0.0209. The lowest BCUT2D eigenvalue weighted by atomic mass is 9.95. The summed E-state index contributed by atoms with van der Waals surface area (Å²) in [5, 5.41) is 7.60. The van der Waals surface area contributed by atoms with Gasteiger partial charge >= 0.3 is 0 Å². The molecule has 0 aliphatic carbocycles. The summed E-state index contributed by atoms with van der Waals surface area (Å²) in [6.07, 6.45) is 6.31. The number of H-pyrrole nitrogens is 2. The zero-order valence-electron chi connectivity index (χ0n) is 20.1. The summed E-state index contributed by atoms with van der Waals surface area (Å²) in [6.45, 7) is 9.08. The highest BCUT2D eigenvalue weighted by molar-refractivity contribution is 6.30. The van der Waals surface area contributed by atoms with E-state index in [0.29, 0.717) is 6.54 Å². The van der Waals surface area contributed by atoms with E-state index in [0.717, 1.165) is 62.2 Å². The number of fused-ring (bicyclic) bond motifs is 10. The summed E-state index contributed by atoms with van der Waals surface area (Å²) in [5.41, 5.74) is 11.4. The van der Waals surface area contributed by atoms with Gasteiger partial charge in [0.15, 0.2) is 0 Å². The first kappa shape index (κ1) is 20.8. The maximum atomic E-state index is 13.1. The third kappa shape index (κ3) is 3.17. The Morgan fingerprint density at radius 1 is 0.794 bits per heavy atom. The summed E-state index contributed by atoms with van der Waals surface area (Å²) >= 11 is 0. The van der Waals surface area contributed by atoms with Gasteiger partial charge in [-0.2, -0.15) is 0 Å². The van der Waals surface area contributed by atoms with Gasteiger partial charge in [-0.25, -0.2) is 0 Å². The number of aromatic nitrogens is 2. The summed E-state index contributed by atoms with van der Waals surface area (Å²) in [7, 11) is 0. The molecule has 3 N–H and O–H groups in total. The average Bonchev–Trinajstić information content (AvgIpc) is 3.48. The van der Waals surface area contributed by atoms with Crippen molar-refractivity contribution in [2.75, 3.05) is 0 Å². The van der Waals surface area contributed by atoms with Gasteiger partial charge in [0.1, 0.15) is 0 Å². The highest BCUT2D eigenvalue weighted by atomic mass is 16.1. The molecule has 0 atom stereocenters. The van der Waals surface area contributed by atoms with Crippen LogP contribution in [0.25, 0.3) is 43.6 Å². The van der Waals surface area contributed by atoms with Gasteiger partial charge in [0, 0.05) is 39.1 Å². The molecule has 3 heterocycles. The lowest BCUT2D eigenvalue weighted by molar-refractivity contribution is 0.0967. The fourth-order valence-corrected chi connectivity index (χ4v) is 5.28. The van der Waals surface area contributed by atoms with Crippen LogP contribution < -0.4 is 5.32 Å². The number of carbonyl (C=O) groups excluding carboxylic acids is 1. The molecule has 0 saturated heterocycles. The highest BCUT2D eigenvalue weighted by Gasteiger charge is 2.29. The zero-order valence-corrected chi connectivity index (χ0v) is 20.1. The number of hydrogen-bond acceptors (Lipinski definition) is 1. The van der Waals surface area contributed by atoms with Crippen LogP contribution in [0.5, 0.6) is 0 Å². The summed E-state index contributed by atoms with van der Waals surface area (Å²) < 4.78 is 0. The molecule has 5 aromatic rings. The largest absolute Gasteiger partial charge is 0.353 e. The van der Waals surface area contributed by atoms with Crippen molar-refractivity contribution in [2.24, 2.45) is 0 Å². The molecular formula is C30H29N3O. The van der Waals surface area contributed by atoms with Crippen LogP contribution in [-0.4, -0.2) is 15.9 Å². The predicted molar refractivity (Wildman–Crippen MR) is 143 cm³/mol. The minimum atomic E-state index is 0.0209. The van der Waals surface area contributed by atoms with E-state index in [4.69, 9.17) is 0 Å². The fourth-order valence-electron chi connectivity index (χ4n) is 5.28. The molecule has 0 spiro atoms. The van der Waals surface area contributed by atoms with Crippen molar-refractivity contribution in [1.82, 2.24) is 15.3 Å². The lowest BCUT2D eigenvalue weighted by Crippen LogP contribution is -2.12. The van der Waals surface area contributed by atoms with Crippen LogP contribution in [-0.2, 0) is 19.4 Å². The van der Waals surface area contributed by atoms with E-state index in [9.17, 15) is 4.79 Å². The van der Waals surface area contributed by atoms with Crippen LogP contribution in [0.2, 0.25) is 0 Å². The number of nitrogens with one attached hydrogen (secondary N) is 3. The Bertz CT molecular complexity index is 1700. The van der Waals surface area contributed by atoms with Gasteiger partial charge in [-0.1, -0.05) is 35.4 Å². The smallest absolute Gasteiger partial charge is 0.252 e. The first-order valence-electron chi connectivity index (χ1n) is 12.0. The molecule has 6 rings (SSSR count). The molecule has 4 heteroatoms. The molecule has 0 unspecified atom stereocenters. The minimum absolute atomic E-state index is 0.0209. The molecular weight excluding hydrogens is 418 g/mol. The maximum absolute atomic E-state index is 13.1. The standard InChI is InChI=1S/C30H29N3O/c1-16(2)5-7-18-9-11-23-20(13-18)25-22-15-31-30(34)27(22)26-21-14-19(8-6-17(3)4)10-12-24(21)33-29(26)28(25)32-23/h5-6,9-14,32-33H,7-8,15H2,1-4H3,(H,31,34). The average molecular weight is 448 g/mol. The van der Waals surface area contributed by atoms with Crippen LogP contribution in [0, 0.1) is 0 Å².